The zero-order chi connectivity index (χ0) is 12.8. The molecule has 0 aromatic carbocycles. The Labute approximate surface area is 111 Å². The first kappa shape index (κ1) is 14.4. The van der Waals surface area contributed by atoms with E-state index in [9.17, 15) is 4.79 Å². The van der Waals surface area contributed by atoms with Gasteiger partial charge in [0, 0.05) is 19.0 Å². The number of hydrogen-bond acceptors (Lipinski definition) is 3. The number of aromatic nitrogens is 2. The van der Waals surface area contributed by atoms with Crippen LogP contribution in [0.5, 0.6) is 0 Å². The number of nitrogens with zero attached hydrogens (tertiary/aromatic N) is 2. The van der Waals surface area contributed by atoms with Crippen LogP contribution < -0.4 is 5.73 Å². The molecule has 96 valence electrons. The van der Waals surface area contributed by atoms with Crippen LogP contribution >= 0.6 is 15.9 Å². The molecule has 1 aromatic rings. The predicted octanol–water partition coefficient (Wildman–Crippen LogP) is 2.76. The third-order valence-corrected chi connectivity index (χ3v) is 3.14. The van der Waals surface area contributed by atoms with Crippen LogP contribution in [0.3, 0.4) is 0 Å². The molecule has 1 atom stereocenters. The van der Waals surface area contributed by atoms with Crippen molar-refractivity contribution in [3.05, 3.63) is 16.4 Å². The summed E-state index contributed by atoms with van der Waals surface area (Å²) in [5.41, 5.74) is 6.36. The van der Waals surface area contributed by atoms with Gasteiger partial charge in [0.05, 0.1) is 10.7 Å². The summed E-state index contributed by atoms with van der Waals surface area (Å²) in [5.74, 6) is 0.142. The fourth-order valence-electron chi connectivity index (χ4n) is 1.72. The van der Waals surface area contributed by atoms with Gasteiger partial charge in [-0.2, -0.15) is 5.10 Å². The monoisotopic (exact) mass is 301 g/mol. The van der Waals surface area contributed by atoms with Crippen molar-refractivity contribution in [3.8, 4) is 0 Å². The number of aryl methyl sites for hydroxylation is 1. The largest absolute Gasteiger partial charge is 0.328 e. The maximum absolute atomic E-state index is 12.1. The molecule has 1 aromatic heterocycles. The summed E-state index contributed by atoms with van der Waals surface area (Å²) < 4.78 is 2.56. The molecule has 4 nitrogen and oxygen atoms in total. The molecule has 0 saturated heterocycles. The highest BCUT2D eigenvalue weighted by atomic mass is 79.9. The van der Waals surface area contributed by atoms with E-state index in [4.69, 9.17) is 5.73 Å². The van der Waals surface area contributed by atoms with E-state index in [2.05, 4.69) is 28.0 Å². The minimum absolute atomic E-state index is 0.142. The molecule has 0 radical (unpaired) electrons. The van der Waals surface area contributed by atoms with E-state index in [-0.39, 0.29) is 11.8 Å². The van der Waals surface area contributed by atoms with Crippen LogP contribution in [0.4, 0.5) is 0 Å². The molecule has 5 heteroatoms. The van der Waals surface area contributed by atoms with Gasteiger partial charge in [0.15, 0.2) is 5.78 Å². The number of carbonyl (C=O) groups excluding carboxylic acids is 1. The molecule has 0 amide bonds. The lowest BCUT2D eigenvalue weighted by molar-refractivity contribution is 0.0967. The second-order valence-corrected chi connectivity index (χ2v) is 5.21. The molecule has 17 heavy (non-hydrogen) atoms. The van der Waals surface area contributed by atoms with Crippen LogP contribution in [0.15, 0.2) is 10.7 Å². The van der Waals surface area contributed by atoms with E-state index in [0.29, 0.717) is 12.1 Å². The van der Waals surface area contributed by atoms with E-state index in [0.717, 1.165) is 30.3 Å². The van der Waals surface area contributed by atoms with E-state index < -0.39 is 0 Å². The van der Waals surface area contributed by atoms with E-state index in [1.54, 1.807) is 10.9 Å². The first-order valence-electron chi connectivity index (χ1n) is 6.06. The lowest BCUT2D eigenvalue weighted by Crippen LogP contribution is -2.16. The quantitative estimate of drug-likeness (QED) is 0.788. The van der Waals surface area contributed by atoms with Gasteiger partial charge >= 0.3 is 0 Å². The molecule has 0 aliphatic heterocycles. The van der Waals surface area contributed by atoms with Gasteiger partial charge in [0.1, 0.15) is 5.69 Å². The second kappa shape index (κ2) is 6.91. The zero-order valence-electron chi connectivity index (χ0n) is 10.4. The Bertz CT molecular complexity index is 374. The average Bonchev–Trinajstić information content (AvgIpc) is 2.60. The van der Waals surface area contributed by atoms with Crippen molar-refractivity contribution in [1.29, 1.82) is 0 Å². The molecular formula is C12H20BrN3O. The summed E-state index contributed by atoms with van der Waals surface area (Å²) in [5, 5.41) is 4.19. The predicted molar refractivity (Wildman–Crippen MR) is 72.0 cm³/mol. The molecule has 0 bridgehead atoms. The Morgan fingerprint density at radius 2 is 2.35 bits per heavy atom. The minimum Gasteiger partial charge on any atom is -0.328 e. The van der Waals surface area contributed by atoms with Crippen LogP contribution in [-0.4, -0.2) is 21.6 Å². The van der Waals surface area contributed by atoms with Crippen molar-refractivity contribution in [2.45, 2.75) is 52.1 Å². The van der Waals surface area contributed by atoms with Gasteiger partial charge in [-0.15, -0.1) is 0 Å². The number of halogens is 1. The van der Waals surface area contributed by atoms with E-state index >= 15 is 0 Å². The topological polar surface area (TPSA) is 60.9 Å². The van der Waals surface area contributed by atoms with Crippen molar-refractivity contribution in [2.75, 3.05) is 0 Å². The molecule has 0 spiro atoms. The first-order chi connectivity index (χ1) is 8.06. The minimum atomic E-state index is 0.142. The Balaban J connectivity index is 2.64. The Morgan fingerprint density at radius 1 is 1.65 bits per heavy atom. The molecule has 0 aliphatic carbocycles. The summed E-state index contributed by atoms with van der Waals surface area (Å²) in [6.07, 6.45) is 4.91. The average molecular weight is 302 g/mol. The van der Waals surface area contributed by atoms with Crippen LogP contribution in [0.1, 0.15) is 50.0 Å². The van der Waals surface area contributed by atoms with Crippen molar-refractivity contribution in [2.24, 2.45) is 5.73 Å². The molecule has 1 rings (SSSR count). The second-order valence-electron chi connectivity index (χ2n) is 4.36. The normalized spacial score (nSPS) is 12.7. The zero-order valence-corrected chi connectivity index (χ0v) is 12.0. The highest BCUT2D eigenvalue weighted by molar-refractivity contribution is 9.10. The fourth-order valence-corrected chi connectivity index (χ4v) is 2.24. The number of carbonyl (C=O) groups is 1. The Morgan fingerprint density at radius 3 is 2.94 bits per heavy atom. The number of hydrogen-bond donors (Lipinski definition) is 1. The van der Waals surface area contributed by atoms with Crippen molar-refractivity contribution in [3.63, 3.8) is 0 Å². The molecule has 1 unspecified atom stereocenters. The fraction of sp³-hybridized carbons (Fsp3) is 0.667. The number of ketones is 1. The molecule has 0 saturated carbocycles. The van der Waals surface area contributed by atoms with E-state index in [1.807, 2.05) is 6.92 Å². The van der Waals surface area contributed by atoms with E-state index in [1.165, 1.54) is 0 Å². The SMILES string of the molecule is CCCn1ncc(Br)c1C(=O)CCCC(C)N. The van der Waals surface area contributed by atoms with Gasteiger partial charge in [-0.3, -0.25) is 9.48 Å². The van der Waals surface area contributed by atoms with Crippen LogP contribution in [0, 0.1) is 0 Å². The van der Waals surface area contributed by atoms with Crippen molar-refractivity contribution < 1.29 is 4.79 Å². The van der Waals surface area contributed by atoms with Crippen LogP contribution in [0.25, 0.3) is 0 Å². The summed E-state index contributed by atoms with van der Waals surface area (Å²) >= 11 is 3.38. The highest BCUT2D eigenvalue weighted by Gasteiger charge is 2.16. The number of nitrogens with two attached hydrogens (primary N) is 1. The van der Waals surface area contributed by atoms with Crippen molar-refractivity contribution >= 4 is 21.7 Å². The molecule has 2 N–H and O–H groups in total. The third-order valence-electron chi connectivity index (χ3n) is 2.56. The summed E-state index contributed by atoms with van der Waals surface area (Å²) in [4.78, 5) is 12.1. The van der Waals surface area contributed by atoms with Gasteiger partial charge in [0.25, 0.3) is 0 Å². The molecule has 0 aliphatic rings. The molecule has 1 heterocycles. The molecular weight excluding hydrogens is 282 g/mol. The lowest BCUT2D eigenvalue weighted by atomic mass is 10.1. The first-order valence-corrected chi connectivity index (χ1v) is 6.85. The van der Waals surface area contributed by atoms with Gasteiger partial charge in [0.2, 0.25) is 0 Å². The van der Waals surface area contributed by atoms with Crippen LogP contribution in [-0.2, 0) is 6.54 Å². The van der Waals surface area contributed by atoms with Crippen molar-refractivity contribution in [1.82, 2.24) is 9.78 Å². The summed E-state index contributed by atoms with van der Waals surface area (Å²) in [7, 11) is 0. The van der Waals surface area contributed by atoms with Crippen LogP contribution in [0.2, 0.25) is 0 Å². The van der Waals surface area contributed by atoms with Gasteiger partial charge in [-0.05, 0) is 42.1 Å². The number of Topliss-reactive ketones (excluding diaryl/α,β-unsaturated/α-hetero) is 1. The standard InChI is InChI=1S/C12H20BrN3O/c1-3-7-16-12(10(13)8-15-16)11(17)6-4-5-9(2)14/h8-9H,3-7,14H2,1-2H3. The molecule has 0 fully saturated rings. The summed E-state index contributed by atoms with van der Waals surface area (Å²) in [6, 6.07) is 0.159. The smallest absolute Gasteiger partial charge is 0.182 e. The highest BCUT2D eigenvalue weighted by Crippen LogP contribution is 2.19. The van der Waals surface area contributed by atoms with Gasteiger partial charge in [-0.1, -0.05) is 6.92 Å². The third kappa shape index (κ3) is 4.24. The lowest BCUT2D eigenvalue weighted by Gasteiger charge is -2.07. The van der Waals surface area contributed by atoms with Gasteiger partial charge < -0.3 is 5.73 Å². The Kier molecular flexibility index (Phi) is 5.85. The Hall–Kier alpha value is -0.680. The summed E-state index contributed by atoms with van der Waals surface area (Å²) in [6.45, 7) is 4.81. The maximum atomic E-state index is 12.1. The maximum Gasteiger partial charge on any atom is 0.182 e. The number of rotatable bonds is 7. The van der Waals surface area contributed by atoms with Gasteiger partial charge in [-0.25, -0.2) is 0 Å².